The molecular weight excluding hydrogens is 352 g/mol. The van der Waals surface area contributed by atoms with Crippen molar-refractivity contribution in [3.8, 4) is 6.07 Å². The molecule has 134 valence electrons. The number of anilines is 3. The summed E-state index contributed by atoms with van der Waals surface area (Å²) in [6.45, 7) is 1.66. The van der Waals surface area contributed by atoms with Crippen LogP contribution in [0.15, 0.2) is 48.5 Å². The SMILES string of the molecule is Cc1cc(C(=O)Nc2ccc(C#N)cc2)nc(Nc2ccc(F)cc2F)n1. The maximum Gasteiger partial charge on any atom is 0.274 e. The second-order valence-electron chi connectivity index (χ2n) is 5.61. The van der Waals surface area contributed by atoms with E-state index < -0.39 is 17.5 Å². The number of rotatable bonds is 4. The van der Waals surface area contributed by atoms with Crippen molar-refractivity contribution >= 4 is 23.2 Å². The first-order chi connectivity index (χ1) is 12.9. The number of aryl methyl sites for hydroxylation is 1. The Kier molecular flexibility index (Phi) is 5.04. The average Bonchev–Trinajstić information content (AvgIpc) is 2.64. The van der Waals surface area contributed by atoms with Gasteiger partial charge in [-0.25, -0.2) is 18.7 Å². The van der Waals surface area contributed by atoms with Crippen LogP contribution in [0.2, 0.25) is 0 Å². The number of nitrogens with one attached hydrogen (secondary N) is 2. The number of nitriles is 1. The molecule has 3 rings (SSSR count). The molecular formula is C19H13F2N5O. The molecule has 0 spiro atoms. The van der Waals surface area contributed by atoms with Crippen LogP contribution in [-0.2, 0) is 0 Å². The van der Waals surface area contributed by atoms with E-state index in [2.05, 4.69) is 20.6 Å². The summed E-state index contributed by atoms with van der Waals surface area (Å²) in [7, 11) is 0. The third-order valence-corrected chi connectivity index (χ3v) is 3.54. The fraction of sp³-hybridized carbons (Fsp3) is 0.0526. The summed E-state index contributed by atoms with van der Waals surface area (Å²) in [4.78, 5) is 20.6. The predicted molar refractivity (Wildman–Crippen MR) is 95.5 cm³/mol. The lowest BCUT2D eigenvalue weighted by Gasteiger charge is -2.09. The number of carbonyl (C=O) groups excluding carboxylic acids is 1. The van der Waals surface area contributed by atoms with Crippen molar-refractivity contribution in [2.75, 3.05) is 10.6 Å². The predicted octanol–water partition coefficient (Wildman–Crippen LogP) is 3.93. The Morgan fingerprint density at radius 2 is 1.81 bits per heavy atom. The van der Waals surface area contributed by atoms with Crippen molar-refractivity contribution in [2.24, 2.45) is 0 Å². The van der Waals surface area contributed by atoms with Crippen molar-refractivity contribution in [3.05, 3.63) is 77.1 Å². The molecule has 0 atom stereocenters. The van der Waals surface area contributed by atoms with Gasteiger partial charge in [-0.15, -0.1) is 0 Å². The molecule has 0 saturated heterocycles. The fourth-order valence-corrected chi connectivity index (χ4v) is 2.28. The van der Waals surface area contributed by atoms with Crippen LogP contribution < -0.4 is 10.6 Å². The third-order valence-electron chi connectivity index (χ3n) is 3.54. The van der Waals surface area contributed by atoms with Crippen LogP contribution in [0.4, 0.5) is 26.1 Å². The zero-order valence-corrected chi connectivity index (χ0v) is 14.1. The zero-order valence-electron chi connectivity index (χ0n) is 14.1. The normalized spacial score (nSPS) is 10.1. The summed E-state index contributed by atoms with van der Waals surface area (Å²) in [6, 6.07) is 12.9. The topological polar surface area (TPSA) is 90.7 Å². The van der Waals surface area contributed by atoms with Crippen LogP contribution in [0.1, 0.15) is 21.7 Å². The van der Waals surface area contributed by atoms with Gasteiger partial charge in [0.1, 0.15) is 17.3 Å². The van der Waals surface area contributed by atoms with Gasteiger partial charge in [0.05, 0.1) is 17.3 Å². The van der Waals surface area contributed by atoms with Gasteiger partial charge in [0, 0.05) is 17.4 Å². The molecule has 1 amide bonds. The Labute approximate surface area is 153 Å². The maximum atomic E-state index is 13.8. The highest BCUT2D eigenvalue weighted by Gasteiger charge is 2.13. The third kappa shape index (κ3) is 4.41. The standard InChI is InChI=1S/C19H13F2N5O/c1-11-8-17(18(27)24-14-5-2-12(10-22)3-6-14)26-19(23-11)25-16-7-4-13(20)9-15(16)21/h2-9H,1H3,(H,24,27)(H,23,25,26). The molecule has 2 N–H and O–H groups in total. The summed E-state index contributed by atoms with van der Waals surface area (Å²) in [5.74, 6) is -1.99. The van der Waals surface area contributed by atoms with E-state index in [-0.39, 0.29) is 17.3 Å². The van der Waals surface area contributed by atoms with Crippen molar-refractivity contribution in [3.63, 3.8) is 0 Å². The highest BCUT2D eigenvalue weighted by Crippen LogP contribution is 2.19. The lowest BCUT2D eigenvalue weighted by Crippen LogP contribution is -2.15. The number of halogens is 2. The Morgan fingerprint density at radius 1 is 1.07 bits per heavy atom. The van der Waals surface area contributed by atoms with E-state index in [4.69, 9.17) is 5.26 Å². The Balaban J connectivity index is 1.81. The summed E-state index contributed by atoms with van der Waals surface area (Å²) < 4.78 is 26.8. The average molecular weight is 365 g/mol. The minimum Gasteiger partial charge on any atom is -0.322 e. The highest BCUT2D eigenvalue weighted by atomic mass is 19.1. The van der Waals surface area contributed by atoms with Gasteiger partial charge >= 0.3 is 0 Å². The summed E-state index contributed by atoms with van der Waals surface area (Å²) in [5, 5.41) is 14.1. The molecule has 0 aliphatic carbocycles. The molecule has 0 aliphatic rings. The number of benzene rings is 2. The minimum absolute atomic E-state index is 0.00508. The summed E-state index contributed by atoms with van der Waals surface area (Å²) in [6.07, 6.45) is 0. The smallest absolute Gasteiger partial charge is 0.274 e. The lowest BCUT2D eigenvalue weighted by molar-refractivity contribution is 0.102. The minimum atomic E-state index is -0.802. The quantitative estimate of drug-likeness (QED) is 0.731. The van der Waals surface area contributed by atoms with Crippen LogP contribution >= 0.6 is 0 Å². The monoisotopic (exact) mass is 365 g/mol. The van der Waals surface area contributed by atoms with Crippen LogP contribution in [0.5, 0.6) is 0 Å². The molecule has 3 aromatic rings. The largest absolute Gasteiger partial charge is 0.322 e. The molecule has 0 aliphatic heterocycles. The van der Waals surface area contributed by atoms with Gasteiger partial charge < -0.3 is 10.6 Å². The molecule has 1 heterocycles. The molecule has 27 heavy (non-hydrogen) atoms. The van der Waals surface area contributed by atoms with E-state index in [0.717, 1.165) is 12.1 Å². The van der Waals surface area contributed by atoms with Gasteiger partial charge in [-0.3, -0.25) is 4.79 Å². The molecule has 0 fully saturated rings. The fourth-order valence-electron chi connectivity index (χ4n) is 2.28. The molecule has 0 radical (unpaired) electrons. The first-order valence-corrected chi connectivity index (χ1v) is 7.84. The van der Waals surface area contributed by atoms with E-state index in [9.17, 15) is 13.6 Å². The molecule has 8 heteroatoms. The maximum absolute atomic E-state index is 13.8. The number of amides is 1. The molecule has 0 unspecified atom stereocenters. The van der Waals surface area contributed by atoms with Crippen LogP contribution in [0, 0.1) is 29.9 Å². The first-order valence-electron chi connectivity index (χ1n) is 7.84. The Bertz CT molecular complexity index is 1040. The molecule has 0 bridgehead atoms. The molecule has 2 aromatic carbocycles. The highest BCUT2D eigenvalue weighted by molar-refractivity contribution is 6.03. The van der Waals surface area contributed by atoms with Gasteiger partial charge in [-0.05, 0) is 49.4 Å². The number of hydrogen-bond acceptors (Lipinski definition) is 5. The van der Waals surface area contributed by atoms with E-state index in [1.165, 1.54) is 12.1 Å². The number of carbonyl (C=O) groups is 1. The Hall–Kier alpha value is -3.86. The number of nitrogens with zero attached hydrogens (tertiary/aromatic N) is 3. The van der Waals surface area contributed by atoms with Gasteiger partial charge in [0.25, 0.3) is 5.91 Å². The zero-order chi connectivity index (χ0) is 19.4. The van der Waals surface area contributed by atoms with Crippen molar-refractivity contribution < 1.29 is 13.6 Å². The lowest BCUT2D eigenvalue weighted by atomic mass is 10.2. The van der Waals surface area contributed by atoms with Crippen LogP contribution in [-0.4, -0.2) is 15.9 Å². The molecule has 0 saturated carbocycles. The van der Waals surface area contributed by atoms with E-state index in [1.54, 1.807) is 31.2 Å². The van der Waals surface area contributed by atoms with Crippen LogP contribution in [0.3, 0.4) is 0 Å². The Morgan fingerprint density at radius 3 is 2.48 bits per heavy atom. The van der Waals surface area contributed by atoms with Gasteiger partial charge in [0.15, 0.2) is 0 Å². The molecule has 6 nitrogen and oxygen atoms in total. The van der Waals surface area contributed by atoms with E-state index in [1.807, 2.05) is 6.07 Å². The first kappa shape index (κ1) is 17.9. The number of aromatic nitrogens is 2. The second-order valence-corrected chi connectivity index (χ2v) is 5.61. The van der Waals surface area contributed by atoms with Crippen molar-refractivity contribution in [2.45, 2.75) is 6.92 Å². The van der Waals surface area contributed by atoms with Crippen LogP contribution in [0.25, 0.3) is 0 Å². The second kappa shape index (κ2) is 7.58. The summed E-state index contributed by atoms with van der Waals surface area (Å²) in [5.41, 5.74) is 1.50. The summed E-state index contributed by atoms with van der Waals surface area (Å²) >= 11 is 0. The van der Waals surface area contributed by atoms with Gasteiger partial charge in [0.2, 0.25) is 5.95 Å². The van der Waals surface area contributed by atoms with Crippen molar-refractivity contribution in [1.82, 2.24) is 9.97 Å². The van der Waals surface area contributed by atoms with Gasteiger partial charge in [-0.2, -0.15) is 5.26 Å². The van der Waals surface area contributed by atoms with Crippen molar-refractivity contribution in [1.29, 1.82) is 5.26 Å². The molecule has 1 aromatic heterocycles. The van der Waals surface area contributed by atoms with E-state index >= 15 is 0 Å². The van der Waals surface area contributed by atoms with Gasteiger partial charge in [-0.1, -0.05) is 0 Å². The van der Waals surface area contributed by atoms with E-state index in [0.29, 0.717) is 16.9 Å². The number of hydrogen-bond donors (Lipinski definition) is 2.